The van der Waals surface area contributed by atoms with Gasteiger partial charge in [-0.05, 0) is 48.2 Å². The van der Waals surface area contributed by atoms with E-state index < -0.39 is 29.3 Å². The summed E-state index contributed by atoms with van der Waals surface area (Å²) >= 11 is 0. The van der Waals surface area contributed by atoms with E-state index in [0.717, 1.165) is 12.1 Å². The molecule has 2 aromatic carbocycles. The number of benzene rings is 2. The van der Waals surface area contributed by atoms with E-state index in [2.05, 4.69) is 10.6 Å². The van der Waals surface area contributed by atoms with Gasteiger partial charge in [-0.3, -0.25) is 0 Å². The van der Waals surface area contributed by atoms with Crippen molar-refractivity contribution < 1.29 is 27.9 Å². The van der Waals surface area contributed by atoms with Gasteiger partial charge in [0.1, 0.15) is 0 Å². The zero-order valence-electron chi connectivity index (χ0n) is 14.1. The molecule has 5 nitrogen and oxygen atoms in total. The van der Waals surface area contributed by atoms with Gasteiger partial charge in [0.2, 0.25) is 0 Å². The highest BCUT2D eigenvalue weighted by Crippen LogP contribution is 2.46. The van der Waals surface area contributed by atoms with Crippen LogP contribution in [0.2, 0.25) is 0 Å². The van der Waals surface area contributed by atoms with Gasteiger partial charge in [0, 0.05) is 6.54 Å². The highest BCUT2D eigenvalue weighted by atomic mass is 19.4. The highest BCUT2D eigenvalue weighted by molar-refractivity contribution is 5.87. The van der Waals surface area contributed by atoms with Crippen LogP contribution in [-0.2, 0) is 18.3 Å². The normalized spacial score (nSPS) is 15.1. The summed E-state index contributed by atoms with van der Waals surface area (Å²) < 4.78 is 38.7. The first-order valence-electron chi connectivity index (χ1n) is 8.26. The Hall–Kier alpha value is -3.03. The Morgan fingerprint density at radius 1 is 1.07 bits per heavy atom. The Bertz CT molecular complexity index is 859. The van der Waals surface area contributed by atoms with Gasteiger partial charge in [0.05, 0.1) is 16.7 Å². The van der Waals surface area contributed by atoms with Crippen molar-refractivity contribution in [2.75, 3.05) is 0 Å². The SMILES string of the molecule is O=C(NCc1ccc(C(=O)O)cc1)NC1(c2cccc(C(F)(F)F)c2)CC1. The first-order chi connectivity index (χ1) is 12.7. The molecule has 0 spiro atoms. The average molecular weight is 378 g/mol. The number of nitrogens with one attached hydrogen (secondary N) is 2. The number of alkyl halides is 3. The zero-order valence-corrected chi connectivity index (χ0v) is 14.1. The number of carbonyl (C=O) groups excluding carboxylic acids is 1. The number of halogens is 3. The summed E-state index contributed by atoms with van der Waals surface area (Å²) in [6.45, 7) is 0.171. The second-order valence-corrected chi connectivity index (χ2v) is 6.47. The molecule has 3 N–H and O–H groups in total. The van der Waals surface area contributed by atoms with Crippen LogP contribution in [0.3, 0.4) is 0 Å². The zero-order chi connectivity index (χ0) is 19.7. The molecule has 1 saturated carbocycles. The van der Waals surface area contributed by atoms with Crippen LogP contribution < -0.4 is 10.6 Å². The molecule has 1 aliphatic carbocycles. The Labute approximate surface area is 153 Å². The predicted octanol–water partition coefficient (Wildman–Crippen LogP) is 3.89. The van der Waals surface area contributed by atoms with Gasteiger partial charge in [-0.15, -0.1) is 0 Å². The monoisotopic (exact) mass is 378 g/mol. The molecule has 0 atom stereocenters. The standard InChI is InChI=1S/C19H17F3N2O3/c20-19(21,22)15-3-1-2-14(10-15)18(8-9-18)24-17(27)23-11-12-4-6-13(7-5-12)16(25)26/h1-7,10H,8-9,11H2,(H,25,26)(H2,23,24,27). The minimum absolute atomic E-state index is 0.143. The van der Waals surface area contributed by atoms with Crippen LogP contribution in [0, 0.1) is 0 Å². The van der Waals surface area contributed by atoms with Crippen molar-refractivity contribution in [2.45, 2.75) is 31.1 Å². The fraction of sp³-hybridized carbons (Fsp3) is 0.263. The van der Waals surface area contributed by atoms with Crippen molar-refractivity contribution in [3.05, 3.63) is 70.8 Å². The summed E-state index contributed by atoms with van der Waals surface area (Å²) in [6, 6.07) is 10.5. The Balaban J connectivity index is 1.61. The lowest BCUT2D eigenvalue weighted by atomic mass is 10.0. The molecular formula is C19H17F3N2O3. The van der Waals surface area contributed by atoms with Gasteiger partial charge in [-0.25, -0.2) is 9.59 Å². The summed E-state index contributed by atoms with van der Waals surface area (Å²) in [4.78, 5) is 23.0. The van der Waals surface area contributed by atoms with Crippen molar-refractivity contribution >= 4 is 12.0 Å². The van der Waals surface area contributed by atoms with Crippen LogP contribution in [-0.4, -0.2) is 17.1 Å². The van der Waals surface area contributed by atoms with Crippen LogP contribution in [0.15, 0.2) is 48.5 Å². The average Bonchev–Trinajstić information content (AvgIpc) is 3.40. The topological polar surface area (TPSA) is 78.4 Å². The maximum atomic E-state index is 12.9. The third kappa shape index (κ3) is 4.39. The molecule has 0 saturated heterocycles. The quantitative estimate of drug-likeness (QED) is 0.739. The summed E-state index contributed by atoms with van der Waals surface area (Å²) in [7, 11) is 0. The van der Waals surface area contributed by atoms with Gasteiger partial charge in [0.25, 0.3) is 0 Å². The van der Waals surface area contributed by atoms with E-state index in [-0.39, 0.29) is 12.1 Å². The second-order valence-electron chi connectivity index (χ2n) is 6.47. The van der Waals surface area contributed by atoms with E-state index in [1.807, 2.05) is 0 Å². The van der Waals surface area contributed by atoms with Crippen molar-refractivity contribution in [1.82, 2.24) is 10.6 Å². The molecule has 142 valence electrons. The lowest BCUT2D eigenvalue weighted by molar-refractivity contribution is -0.137. The first-order valence-corrected chi connectivity index (χ1v) is 8.26. The summed E-state index contributed by atoms with van der Waals surface area (Å²) in [6.07, 6.45) is -3.31. The first kappa shape index (κ1) is 18.8. The largest absolute Gasteiger partial charge is 0.478 e. The van der Waals surface area contributed by atoms with Gasteiger partial charge in [-0.2, -0.15) is 13.2 Å². The Kier molecular flexibility index (Phi) is 4.82. The van der Waals surface area contributed by atoms with E-state index in [1.54, 1.807) is 18.2 Å². The van der Waals surface area contributed by atoms with Crippen LogP contribution >= 0.6 is 0 Å². The van der Waals surface area contributed by atoms with Crippen molar-refractivity contribution in [2.24, 2.45) is 0 Å². The van der Waals surface area contributed by atoms with Crippen LogP contribution in [0.25, 0.3) is 0 Å². The Morgan fingerprint density at radius 3 is 2.30 bits per heavy atom. The fourth-order valence-electron chi connectivity index (χ4n) is 2.81. The lowest BCUT2D eigenvalue weighted by Gasteiger charge is -2.20. The minimum atomic E-state index is -4.43. The van der Waals surface area contributed by atoms with Crippen molar-refractivity contribution in [3.8, 4) is 0 Å². The molecule has 1 fully saturated rings. The van der Waals surface area contributed by atoms with Crippen molar-refractivity contribution in [3.63, 3.8) is 0 Å². The van der Waals surface area contributed by atoms with Gasteiger partial charge < -0.3 is 15.7 Å². The molecule has 0 aromatic heterocycles. The molecule has 0 radical (unpaired) electrons. The molecule has 1 aliphatic rings. The number of carboxylic acids is 1. The van der Waals surface area contributed by atoms with Gasteiger partial charge in [0.15, 0.2) is 0 Å². The molecule has 0 heterocycles. The third-order valence-corrected chi connectivity index (χ3v) is 4.50. The van der Waals surface area contributed by atoms with Gasteiger partial charge >= 0.3 is 18.2 Å². The second kappa shape index (κ2) is 6.94. The highest BCUT2D eigenvalue weighted by Gasteiger charge is 2.46. The minimum Gasteiger partial charge on any atom is -0.478 e. The number of urea groups is 1. The van der Waals surface area contributed by atoms with E-state index in [4.69, 9.17) is 5.11 Å². The lowest BCUT2D eigenvalue weighted by Crippen LogP contribution is -2.42. The molecule has 2 amide bonds. The molecule has 2 aromatic rings. The fourth-order valence-corrected chi connectivity index (χ4v) is 2.81. The smallest absolute Gasteiger partial charge is 0.416 e. The number of hydrogen-bond donors (Lipinski definition) is 3. The number of rotatable bonds is 5. The summed E-state index contributed by atoms with van der Waals surface area (Å²) in [5.74, 6) is -1.04. The Morgan fingerprint density at radius 2 is 1.74 bits per heavy atom. The van der Waals surface area contributed by atoms with E-state index in [9.17, 15) is 22.8 Å². The number of carboxylic acid groups (broad SMARTS) is 1. The molecule has 0 unspecified atom stereocenters. The van der Waals surface area contributed by atoms with E-state index >= 15 is 0 Å². The van der Waals surface area contributed by atoms with E-state index in [0.29, 0.717) is 24.0 Å². The predicted molar refractivity (Wildman–Crippen MR) is 91.1 cm³/mol. The number of amides is 2. The molecule has 3 rings (SSSR count). The van der Waals surface area contributed by atoms with Crippen molar-refractivity contribution in [1.29, 1.82) is 0 Å². The molecule has 0 aliphatic heterocycles. The number of hydrogen-bond acceptors (Lipinski definition) is 2. The molecular weight excluding hydrogens is 361 g/mol. The maximum absolute atomic E-state index is 12.9. The number of aromatic carboxylic acids is 1. The summed E-state index contributed by atoms with van der Waals surface area (Å²) in [5, 5.41) is 14.2. The van der Waals surface area contributed by atoms with E-state index in [1.165, 1.54) is 18.2 Å². The van der Waals surface area contributed by atoms with Gasteiger partial charge in [-0.1, -0.05) is 24.3 Å². The molecule has 27 heavy (non-hydrogen) atoms. The summed E-state index contributed by atoms with van der Waals surface area (Å²) in [5.41, 5.74) is -0.243. The van der Waals surface area contributed by atoms with Crippen LogP contribution in [0.4, 0.5) is 18.0 Å². The third-order valence-electron chi connectivity index (χ3n) is 4.50. The maximum Gasteiger partial charge on any atom is 0.416 e. The molecule has 8 heteroatoms. The molecule has 0 bridgehead atoms. The van der Waals surface area contributed by atoms with Crippen LogP contribution in [0.1, 0.15) is 39.9 Å². The number of carbonyl (C=O) groups is 2. The van der Waals surface area contributed by atoms with Crippen LogP contribution in [0.5, 0.6) is 0 Å².